The molecule has 1 fully saturated rings. The molecule has 78 valence electrons. The molecule has 0 atom stereocenters. The standard InChI is InChI=1S/C12H25N/c1-4-5-6-7-10-13-12(2,3)11-8-9-11/h11,13H,4-10H2,1-3H3. The van der Waals surface area contributed by atoms with Gasteiger partial charge in [0, 0.05) is 5.54 Å². The van der Waals surface area contributed by atoms with Gasteiger partial charge in [0.2, 0.25) is 0 Å². The zero-order chi connectivity index (χ0) is 9.73. The van der Waals surface area contributed by atoms with E-state index >= 15 is 0 Å². The van der Waals surface area contributed by atoms with Gasteiger partial charge in [-0.05, 0) is 45.6 Å². The Bertz CT molecular complexity index is 136. The molecule has 0 amide bonds. The van der Waals surface area contributed by atoms with Crippen molar-refractivity contribution in [2.75, 3.05) is 6.54 Å². The first-order chi connectivity index (χ1) is 6.17. The van der Waals surface area contributed by atoms with E-state index in [0.29, 0.717) is 5.54 Å². The number of nitrogens with one attached hydrogen (secondary N) is 1. The lowest BCUT2D eigenvalue weighted by atomic mass is 9.98. The summed E-state index contributed by atoms with van der Waals surface area (Å²) >= 11 is 0. The highest BCUT2D eigenvalue weighted by Crippen LogP contribution is 2.39. The lowest BCUT2D eigenvalue weighted by Crippen LogP contribution is -2.41. The van der Waals surface area contributed by atoms with Crippen LogP contribution in [0.3, 0.4) is 0 Å². The van der Waals surface area contributed by atoms with E-state index in [1.165, 1.54) is 45.1 Å². The Balaban J connectivity index is 1.97. The van der Waals surface area contributed by atoms with Crippen LogP contribution in [0.2, 0.25) is 0 Å². The molecule has 1 saturated carbocycles. The minimum absolute atomic E-state index is 0.409. The van der Waals surface area contributed by atoms with Gasteiger partial charge in [-0.2, -0.15) is 0 Å². The Labute approximate surface area is 83.3 Å². The van der Waals surface area contributed by atoms with E-state index in [-0.39, 0.29) is 0 Å². The third-order valence-electron chi connectivity index (χ3n) is 3.21. The highest BCUT2D eigenvalue weighted by Gasteiger charge is 2.36. The maximum absolute atomic E-state index is 3.68. The molecule has 1 aliphatic rings. The summed E-state index contributed by atoms with van der Waals surface area (Å²) in [6.45, 7) is 8.18. The van der Waals surface area contributed by atoms with E-state index in [2.05, 4.69) is 26.1 Å². The van der Waals surface area contributed by atoms with Crippen molar-refractivity contribution in [3.8, 4) is 0 Å². The molecule has 0 aromatic heterocycles. The second kappa shape index (κ2) is 4.99. The summed E-state index contributed by atoms with van der Waals surface area (Å²) in [5.74, 6) is 0.957. The zero-order valence-electron chi connectivity index (χ0n) is 9.53. The number of hydrogen-bond donors (Lipinski definition) is 1. The fraction of sp³-hybridized carbons (Fsp3) is 1.00. The first-order valence-electron chi connectivity index (χ1n) is 5.92. The molecule has 0 aromatic carbocycles. The Morgan fingerprint density at radius 3 is 2.38 bits per heavy atom. The average Bonchev–Trinajstić information content (AvgIpc) is 2.86. The predicted octanol–water partition coefficient (Wildman–Crippen LogP) is 3.34. The van der Waals surface area contributed by atoms with Crippen molar-refractivity contribution in [2.45, 2.75) is 64.8 Å². The molecule has 0 spiro atoms. The fourth-order valence-electron chi connectivity index (χ4n) is 1.91. The number of hydrogen-bond acceptors (Lipinski definition) is 1. The average molecular weight is 183 g/mol. The van der Waals surface area contributed by atoms with E-state index in [4.69, 9.17) is 0 Å². The van der Waals surface area contributed by atoms with E-state index in [1.54, 1.807) is 0 Å². The van der Waals surface area contributed by atoms with Crippen molar-refractivity contribution >= 4 is 0 Å². The highest BCUT2D eigenvalue weighted by molar-refractivity contribution is 4.94. The summed E-state index contributed by atoms with van der Waals surface area (Å²) in [5, 5.41) is 3.68. The summed E-state index contributed by atoms with van der Waals surface area (Å²) in [5.41, 5.74) is 0.409. The summed E-state index contributed by atoms with van der Waals surface area (Å²) in [4.78, 5) is 0. The van der Waals surface area contributed by atoms with Gasteiger partial charge in [0.1, 0.15) is 0 Å². The van der Waals surface area contributed by atoms with Gasteiger partial charge in [0.15, 0.2) is 0 Å². The molecule has 0 heterocycles. The molecule has 0 unspecified atom stereocenters. The quantitative estimate of drug-likeness (QED) is 0.597. The summed E-state index contributed by atoms with van der Waals surface area (Å²) in [7, 11) is 0. The normalized spacial score (nSPS) is 17.8. The highest BCUT2D eigenvalue weighted by atomic mass is 15.0. The molecule has 1 rings (SSSR count). The molecular weight excluding hydrogens is 158 g/mol. The minimum atomic E-state index is 0.409. The van der Waals surface area contributed by atoms with Gasteiger partial charge >= 0.3 is 0 Å². The zero-order valence-corrected chi connectivity index (χ0v) is 9.53. The molecule has 0 saturated heterocycles. The molecular formula is C12H25N. The molecule has 0 aromatic rings. The Morgan fingerprint density at radius 1 is 1.15 bits per heavy atom. The molecule has 1 nitrogen and oxygen atoms in total. The van der Waals surface area contributed by atoms with Crippen LogP contribution in [0.4, 0.5) is 0 Å². The number of unbranched alkanes of at least 4 members (excludes halogenated alkanes) is 3. The molecule has 0 bridgehead atoms. The smallest absolute Gasteiger partial charge is 0.0153 e. The van der Waals surface area contributed by atoms with Crippen molar-refractivity contribution in [3.05, 3.63) is 0 Å². The first-order valence-corrected chi connectivity index (χ1v) is 5.92. The van der Waals surface area contributed by atoms with Crippen molar-refractivity contribution in [2.24, 2.45) is 5.92 Å². The van der Waals surface area contributed by atoms with Crippen LogP contribution in [0.15, 0.2) is 0 Å². The lowest BCUT2D eigenvalue weighted by molar-refractivity contribution is 0.338. The van der Waals surface area contributed by atoms with E-state index in [9.17, 15) is 0 Å². The minimum Gasteiger partial charge on any atom is -0.312 e. The van der Waals surface area contributed by atoms with Crippen molar-refractivity contribution in [1.82, 2.24) is 5.32 Å². The molecule has 1 aliphatic carbocycles. The van der Waals surface area contributed by atoms with Crippen LogP contribution < -0.4 is 5.32 Å². The summed E-state index contributed by atoms with van der Waals surface area (Å²) < 4.78 is 0. The fourth-order valence-corrected chi connectivity index (χ4v) is 1.91. The molecule has 0 radical (unpaired) electrons. The number of rotatable bonds is 7. The third kappa shape index (κ3) is 4.12. The van der Waals surface area contributed by atoms with Gasteiger partial charge in [-0.15, -0.1) is 0 Å². The monoisotopic (exact) mass is 183 g/mol. The molecule has 1 N–H and O–H groups in total. The van der Waals surface area contributed by atoms with Crippen LogP contribution >= 0.6 is 0 Å². The van der Waals surface area contributed by atoms with Crippen LogP contribution in [-0.4, -0.2) is 12.1 Å². The van der Waals surface area contributed by atoms with Crippen LogP contribution in [0.5, 0.6) is 0 Å². The third-order valence-corrected chi connectivity index (χ3v) is 3.21. The van der Waals surface area contributed by atoms with Crippen molar-refractivity contribution in [3.63, 3.8) is 0 Å². The first kappa shape index (κ1) is 11.0. The maximum atomic E-state index is 3.68. The van der Waals surface area contributed by atoms with Gasteiger partial charge in [-0.3, -0.25) is 0 Å². The Hall–Kier alpha value is -0.0400. The SMILES string of the molecule is CCCCCCNC(C)(C)C1CC1. The summed E-state index contributed by atoms with van der Waals surface area (Å²) in [6, 6.07) is 0. The summed E-state index contributed by atoms with van der Waals surface area (Å²) in [6.07, 6.45) is 8.36. The largest absolute Gasteiger partial charge is 0.312 e. The molecule has 13 heavy (non-hydrogen) atoms. The molecule has 1 heteroatoms. The van der Waals surface area contributed by atoms with E-state index < -0.39 is 0 Å². The van der Waals surface area contributed by atoms with E-state index in [1.807, 2.05) is 0 Å². The Morgan fingerprint density at radius 2 is 1.85 bits per heavy atom. The van der Waals surface area contributed by atoms with Crippen LogP contribution in [0.25, 0.3) is 0 Å². The van der Waals surface area contributed by atoms with Gasteiger partial charge in [-0.1, -0.05) is 26.2 Å². The predicted molar refractivity (Wildman–Crippen MR) is 58.9 cm³/mol. The second-order valence-corrected chi connectivity index (χ2v) is 4.98. The van der Waals surface area contributed by atoms with E-state index in [0.717, 1.165) is 5.92 Å². The van der Waals surface area contributed by atoms with Crippen molar-refractivity contribution in [1.29, 1.82) is 0 Å². The second-order valence-electron chi connectivity index (χ2n) is 4.98. The van der Waals surface area contributed by atoms with Gasteiger partial charge < -0.3 is 5.32 Å². The van der Waals surface area contributed by atoms with Crippen LogP contribution in [0, 0.1) is 5.92 Å². The van der Waals surface area contributed by atoms with Crippen LogP contribution in [-0.2, 0) is 0 Å². The lowest BCUT2D eigenvalue weighted by Gasteiger charge is -2.26. The maximum Gasteiger partial charge on any atom is 0.0153 e. The van der Waals surface area contributed by atoms with Gasteiger partial charge in [0.05, 0.1) is 0 Å². The van der Waals surface area contributed by atoms with Crippen molar-refractivity contribution < 1.29 is 0 Å². The van der Waals surface area contributed by atoms with Crippen LogP contribution in [0.1, 0.15) is 59.3 Å². The molecule has 0 aliphatic heterocycles. The van der Waals surface area contributed by atoms with Gasteiger partial charge in [0.25, 0.3) is 0 Å². The Kier molecular flexibility index (Phi) is 4.24. The topological polar surface area (TPSA) is 12.0 Å². The van der Waals surface area contributed by atoms with Gasteiger partial charge in [-0.25, -0.2) is 0 Å².